The van der Waals surface area contributed by atoms with Crippen LogP contribution in [-0.2, 0) is 11.3 Å². The number of nitrogens with one attached hydrogen (secondary N) is 2. The number of rotatable bonds is 8. The number of hydrogen-bond donors (Lipinski definition) is 2. The highest BCUT2D eigenvalue weighted by atomic mass is 16.5. The molecule has 0 aromatic heterocycles. The fourth-order valence-electron chi connectivity index (χ4n) is 2.14. The largest absolute Gasteiger partial charge is 0.496 e. The lowest BCUT2D eigenvalue weighted by atomic mass is 10.1. The van der Waals surface area contributed by atoms with E-state index < -0.39 is 0 Å². The van der Waals surface area contributed by atoms with Crippen LogP contribution in [-0.4, -0.2) is 54.1 Å². The van der Waals surface area contributed by atoms with Crippen molar-refractivity contribution in [2.45, 2.75) is 19.5 Å². The van der Waals surface area contributed by atoms with E-state index in [-0.39, 0.29) is 6.04 Å². The van der Waals surface area contributed by atoms with Crippen molar-refractivity contribution in [1.29, 1.82) is 0 Å². The zero-order valence-corrected chi connectivity index (χ0v) is 14.7. The molecule has 130 valence electrons. The van der Waals surface area contributed by atoms with Crippen LogP contribution >= 0.6 is 0 Å². The molecule has 7 heteroatoms. The van der Waals surface area contributed by atoms with Crippen LogP contribution in [0.5, 0.6) is 17.2 Å². The van der Waals surface area contributed by atoms with Crippen LogP contribution < -0.4 is 24.8 Å². The van der Waals surface area contributed by atoms with Gasteiger partial charge in [-0.2, -0.15) is 0 Å². The summed E-state index contributed by atoms with van der Waals surface area (Å²) in [5, 5.41) is 6.49. The predicted octanol–water partition coefficient (Wildman–Crippen LogP) is 1.41. The maximum atomic E-state index is 5.44. The van der Waals surface area contributed by atoms with Gasteiger partial charge in [-0.3, -0.25) is 4.99 Å². The van der Waals surface area contributed by atoms with Crippen molar-refractivity contribution in [3.63, 3.8) is 0 Å². The Morgan fingerprint density at radius 2 is 1.70 bits per heavy atom. The zero-order valence-electron chi connectivity index (χ0n) is 14.7. The van der Waals surface area contributed by atoms with Gasteiger partial charge in [0.05, 0.1) is 40.0 Å². The fraction of sp³-hybridized carbons (Fsp3) is 0.562. The van der Waals surface area contributed by atoms with Crippen LogP contribution in [0.15, 0.2) is 17.1 Å². The van der Waals surface area contributed by atoms with E-state index in [4.69, 9.17) is 18.9 Å². The van der Waals surface area contributed by atoms with Gasteiger partial charge < -0.3 is 29.6 Å². The minimum atomic E-state index is 0.144. The van der Waals surface area contributed by atoms with E-state index in [2.05, 4.69) is 15.6 Å². The number of aliphatic imine (C=N–C) groups is 1. The van der Waals surface area contributed by atoms with E-state index >= 15 is 0 Å². The van der Waals surface area contributed by atoms with Gasteiger partial charge in [-0.25, -0.2) is 0 Å². The van der Waals surface area contributed by atoms with Crippen molar-refractivity contribution in [2.24, 2.45) is 4.99 Å². The number of ether oxygens (including phenoxy) is 4. The summed E-state index contributed by atoms with van der Waals surface area (Å²) in [6.45, 7) is 3.11. The van der Waals surface area contributed by atoms with Gasteiger partial charge in [0.2, 0.25) is 0 Å². The number of guanidine groups is 1. The first-order valence-corrected chi connectivity index (χ1v) is 7.34. The lowest BCUT2D eigenvalue weighted by Crippen LogP contribution is -2.43. The summed E-state index contributed by atoms with van der Waals surface area (Å²) in [6.07, 6.45) is 0. The molecule has 0 amide bonds. The molecule has 0 fully saturated rings. The Balaban J connectivity index is 2.86. The molecular formula is C16H27N3O4. The van der Waals surface area contributed by atoms with Crippen molar-refractivity contribution in [2.75, 3.05) is 42.1 Å². The Morgan fingerprint density at radius 1 is 1.09 bits per heavy atom. The molecule has 0 radical (unpaired) electrons. The summed E-state index contributed by atoms with van der Waals surface area (Å²) in [5.74, 6) is 2.73. The normalized spacial score (nSPS) is 12.5. The first kappa shape index (κ1) is 18.9. The Labute approximate surface area is 138 Å². The van der Waals surface area contributed by atoms with Crippen LogP contribution in [0.3, 0.4) is 0 Å². The van der Waals surface area contributed by atoms with Crippen LogP contribution in [0.1, 0.15) is 12.5 Å². The van der Waals surface area contributed by atoms with E-state index in [0.717, 1.165) is 5.56 Å². The highest BCUT2D eigenvalue weighted by molar-refractivity contribution is 5.80. The second-order valence-corrected chi connectivity index (χ2v) is 4.94. The van der Waals surface area contributed by atoms with Gasteiger partial charge >= 0.3 is 0 Å². The second-order valence-electron chi connectivity index (χ2n) is 4.94. The van der Waals surface area contributed by atoms with Gasteiger partial charge in [0, 0.05) is 32.3 Å². The summed E-state index contributed by atoms with van der Waals surface area (Å²) < 4.78 is 21.2. The maximum absolute atomic E-state index is 5.44. The molecule has 0 aliphatic rings. The summed E-state index contributed by atoms with van der Waals surface area (Å²) in [4.78, 5) is 4.20. The molecule has 0 spiro atoms. The van der Waals surface area contributed by atoms with E-state index in [0.29, 0.717) is 36.4 Å². The third-order valence-electron chi connectivity index (χ3n) is 3.27. The van der Waals surface area contributed by atoms with E-state index in [1.807, 2.05) is 19.1 Å². The van der Waals surface area contributed by atoms with Crippen LogP contribution in [0.4, 0.5) is 0 Å². The predicted molar refractivity (Wildman–Crippen MR) is 90.8 cm³/mol. The molecule has 1 aromatic rings. The molecule has 1 aromatic carbocycles. The lowest BCUT2D eigenvalue weighted by molar-refractivity contribution is 0.179. The molecule has 7 nitrogen and oxygen atoms in total. The molecule has 1 rings (SSSR count). The Hall–Kier alpha value is -2.15. The molecule has 0 saturated heterocycles. The van der Waals surface area contributed by atoms with Crippen molar-refractivity contribution in [3.05, 3.63) is 17.7 Å². The van der Waals surface area contributed by atoms with Gasteiger partial charge in [0.1, 0.15) is 17.2 Å². The zero-order chi connectivity index (χ0) is 17.2. The van der Waals surface area contributed by atoms with Crippen molar-refractivity contribution in [3.8, 4) is 17.2 Å². The molecule has 0 heterocycles. The van der Waals surface area contributed by atoms with Crippen LogP contribution in [0, 0.1) is 0 Å². The number of benzene rings is 1. The number of nitrogens with zero attached hydrogens (tertiary/aromatic N) is 1. The van der Waals surface area contributed by atoms with Crippen molar-refractivity contribution >= 4 is 5.96 Å². The highest BCUT2D eigenvalue weighted by Crippen LogP contribution is 2.33. The molecule has 1 unspecified atom stereocenters. The Kier molecular flexibility index (Phi) is 8.04. The maximum Gasteiger partial charge on any atom is 0.191 e. The minimum absolute atomic E-state index is 0.144. The van der Waals surface area contributed by atoms with Crippen molar-refractivity contribution < 1.29 is 18.9 Å². The van der Waals surface area contributed by atoms with Gasteiger partial charge in [0.15, 0.2) is 5.96 Å². The monoisotopic (exact) mass is 325 g/mol. The first-order valence-electron chi connectivity index (χ1n) is 7.34. The van der Waals surface area contributed by atoms with E-state index in [1.54, 1.807) is 35.5 Å². The van der Waals surface area contributed by atoms with Crippen molar-refractivity contribution in [1.82, 2.24) is 10.6 Å². The first-order chi connectivity index (χ1) is 11.1. The second kappa shape index (κ2) is 9.78. The highest BCUT2D eigenvalue weighted by Gasteiger charge is 2.14. The summed E-state index contributed by atoms with van der Waals surface area (Å²) in [6, 6.07) is 3.79. The summed E-state index contributed by atoms with van der Waals surface area (Å²) >= 11 is 0. The standard InChI is InChI=1S/C16H27N3O4/c1-11(10-20-3)19-16(17-2)18-9-13-14(22-5)7-12(21-4)8-15(13)23-6/h7-8,11H,9-10H2,1-6H3,(H2,17,18,19). The van der Waals surface area contributed by atoms with Gasteiger partial charge in [-0.1, -0.05) is 0 Å². The Morgan fingerprint density at radius 3 is 2.13 bits per heavy atom. The van der Waals surface area contributed by atoms with E-state index in [9.17, 15) is 0 Å². The van der Waals surface area contributed by atoms with Gasteiger partial charge in [0.25, 0.3) is 0 Å². The SMILES string of the molecule is CN=C(NCc1c(OC)cc(OC)cc1OC)NC(C)COC. The molecule has 23 heavy (non-hydrogen) atoms. The Bertz CT molecular complexity index is 495. The van der Waals surface area contributed by atoms with Crippen LogP contribution in [0.2, 0.25) is 0 Å². The summed E-state index contributed by atoms with van der Waals surface area (Å²) in [7, 11) is 8.23. The topological polar surface area (TPSA) is 73.3 Å². The summed E-state index contributed by atoms with van der Waals surface area (Å²) in [5.41, 5.74) is 0.887. The van der Waals surface area contributed by atoms with Gasteiger partial charge in [-0.15, -0.1) is 0 Å². The number of hydrogen-bond acceptors (Lipinski definition) is 5. The fourth-order valence-corrected chi connectivity index (χ4v) is 2.14. The van der Waals surface area contributed by atoms with Crippen LogP contribution in [0.25, 0.3) is 0 Å². The molecule has 2 N–H and O–H groups in total. The molecule has 0 aliphatic heterocycles. The van der Waals surface area contributed by atoms with E-state index in [1.165, 1.54) is 0 Å². The molecule has 0 bridgehead atoms. The third-order valence-corrected chi connectivity index (χ3v) is 3.27. The third kappa shape index (κ3) is 5.52. The average Bonchev–Trinajstić information content (AvgIpc) is 2.57. The number of methoxy groups -OCH3 is 4. The lowest BCUT2D eigenvalue weighted by Gasteiger charge is -2.19. The molecular weight excluding hydrogens is 298 g/mol. The smallest absolute Gasteiger partial charge is 0.191 e. The average molecular weight is 325 g/mol. The minimum Gasteiger partial charge on any atom is -0.496 e. The molecule has 1 atom stereocenters. The van der Waals surface area contributed by atoms with Gasteiger partial charge in [-0.05, 0) is 6.92 Å². The molecule has 0 saturated carbocycles. The quantitative estimate of drug-likeness (QED) is 0.556. The molecule has 0 aliphatic carbocycles.